The number of benzene rings is 1. The molecule has 8 N–H and O–H groups in total. The van der Waals surface area contributed by atoms with Crippen LogP contribution in [0.15, 0.2) is 30.5 Å². The first-order valence-electron chi connectivity index (χ1n) is 9.81. The van der Waals surface area contributed by atoms with Crippen molar-refractivity contribution in [1.82, 2.24) is 25.3 Å². The van der Waals surface area contributed by atoms with Gasteiger partial charge in [-0.1, -0.05) is 0 Å². The number of nitrogens with two attached hydrogens (primary N) is 2. The van der Waals surface area contributed by atoms with Crippen LogP contribution in [0.4, 0.5) is 17.5 Å². The number of nitrogen functional groups attached to an aromatic ring is 2. The van der Waals surface area contributed by atoms with Gasteiger partial charge in [-0.05, 0) is 37.6 Å². The first-order valence-corrected chi connectivity index (χ1v) is 9.81. The molecule has 3 aromatic rings. The maximum absolute atomic E-state index is 12.3. The lowest BCUT2D eigenvalue weighted by Crippen LogP contribution is -2.41. The Bertz CT molecular complexity index is 1200. The van der Waals surface area contributed by atoms with Crippen LogP contribution >= 0.6 is 0 Å². The Morgan fingerprint density at radius 1 is 1.06 bits per heavy atom. The zero-order valence-corrected chi connectivity index (χ0v) is 17.5. The van der Waals surface area contributed by atoms with Gasteiger partial charge in [-0.15, -0.1) is 0 Å². The van der Waals surface area contributed by atoms with Gasteiger partial charge in [0.05, 0.1) is 17.9 Å². The van der Waals surface area contributed by atoms with E-state index >= 15 is 0 Å². The molecule has 0 spiro atoms. The minimum Gasteiger partial charge on any atom is -0.481 e. The third-order valence-corrected chi connectivity index (χ3v) is 4.69. The second kappa shape index (κ2) is 9.72. The molecular formula is C20H22N8O5. The smallest absolute Gasteiger partial charge is 0.326 e. The molecule has 33 heavy (non-hydrogen) atoms. The highest BCUT2D eigenvalue weighted by Gasteiger charge is 2.21. The lowest BCUT2D eigenvalue weighted by molar-refractivity contribution is -0.140. The molecule has 0 fully saturated rings. The van der Waals surface area contributed by atoms with Crippen molar-refractivity contribution in [2.24, 2.45) is 0 Å². The summed E-state index contributed by atoms with van der Waals surface area (Å²) in [6.45, 7) is 1.85. The summed E-state index contributed by atoms with van der Waals surface area (Å²) in [5, 5.41) is 23.4. The van der Waals surface area contributed by atoms with Crippen molar-refractivity contribution in [3.63, 3.8) is 0 Å². The van der Waals surface area contributed by atoms with Gasteiger partial charge in [0, 0.05) is 17.7 Å². The van der Waals surface area contributed by atoms with Crippen LogP contribution in [0.25, 0.3) is 11.2 Å². The number of nitrogens with one attached hydrogen (secondary N) is 2. The van der Waals surface area contributed by atoms with Crippen molar-refractivity contribution in [3.05, 3.63) is 41.7 Å². The van der Waals surface area contributed by atoms with Crippen LogP contribution in [-0.2, 0) is 9.59 Å². The van der Waals surface area contributed by atoms with Crippen LogP contribution < -0.4 is 22.1 Å². The number of aliphatic carboxylic acids is 2. The predicted octanol–water partition coefficient (Wildman–Crippen LogP) is 0.805. The summed E-state index contributed by atoms with van der Waals surface area (Å²) in [5.41, 5.74) is 13.5. The molecular weight excluding hydrogens is 432 g/mol. The molecule has 1 aromatic carbocycles. The van der Waals surface area contributed by atoms with Crippen LogP contribution in [0.1, 0.15) is 41.9 Å². The minimum atomic E-state index is -1.30. The molecule has 1 amide bonds. The van der Waals surface area contributed by atoms with Crippen LogP contribution in [-0.4, -0.2) is 54.0 Å². The summed E-state index contributed by atoms with van der Waals surface area (Å²) in [6.07, 6.45) is 0.945. The number of nitrogens with zero attached hydrogens (tertiary/aromatic N) is 4. The highest BCUT2D eigenvalue weighted by Crippen LogP contribution is 2.21. The number of amides is 1. The van der Waals surface area contributed by atoms with E-state index in [9.17, 15) is 19.5 Å². The van der Waals surface area contributed by atoms with Crippen molar-refractivity contribution >= 4 is 46.5 Å². The van der Waals surface area contributed by atoms with E-state index in [0.29, 0.717) is 16.9 Å². The SMILES string of the molecule is CC(Nc1ccc(C(=O)NC(CCC(=O)O)C(=O)O)cc1)c1cnc2nc(N)nc(N)c2n1. The summed E-state index contributed by atoms with van der Waals surface area (Å²) >= 11 is 0. The van der Waals surface area contributed by atoms with E-state index < -0.39 is 23.9 Å². The Morgan fingerprint density at radius 2 is 1.76 bits per heavy atom. The molecule has 13 heteroatoms. The fourth-order valence-electron chi connectivity index (χ4n) is 2.98. The zero-order chi connectivity index (χ0) is 24.1. The second-order valence-corrected chi connectivity index (χ2v) is 7.17. The number of hydrogen-bond donors (Lipinski definition) is 6. The lowest BCUT2D eigenvalue weighted by atomic mass is 10.1. The summed E-state index contributed by atoms with van der Waals surface area (Å²) < 4.78 is 0. The van der Waals surface area contributed by atoms with E-state index in [1.807, 2.05) is 6.92 Å². The number of carbonyl (C=O) groups is 3. The summed E-state index contributed by atoms with van der Waals surface area (Å²) in [5.74, 6) is -2.94. The van der Waals surface area contributed by atoms with Gasteiger partial charge in [-0.3, -0.25) is 9.59 Å². The molecule has 0 aliphatic rings. The number of aromatic nitrogens is 4. The quantitative estimate of drug-likeness (QED) is 0.264. The van der Waals surface area contributed by atoms with Crippen molar-refractivity contribution in [2.75, 3.05) is 16.8 Å². The van der Waals surface area contributed by atoms with Crippen molar-refractivity contribution < 1.29 is 24.6 Å². The molecule has 13 nitrogen and oxygen atoms in total. The van der Waals surface area contributed by atoms with E-state index in [2.05, 4.69) is 30.6 Å². The van der Waals surface area contributed by atoms with E-state index in [1.54, 1.807) is 12.1 Å². The molecule has 0 saturated heterocycles. The number of hydrogen-bond acceptors (Lipinski definition) is 10. The number of rotatable bonds is 9. The molecule has 0 aliphatic carbocycles. The van der Waals surface area contributed by atoms with Crippen molar-refractivity contribution in [3.8, 4) is 0 Å². The van der Waals surface area contributed by atoms with Gasteiger partial charge in [-0.2, -0.15) is 9.97 Å². The number of anilines is 3. The van der Waals surface area contributed by atoms with Gasteiger partial charge in [-0.25, -0.2) is 14.8 Å². The highest BCUT2D eigenvalue weighted by atomic mass is 16.4. The minimum absolute atomic E-state index is 0.00825. The third kappa shape index (κ3) is 5.78. The summed E-state index contributed by atoms with van der Waals surface area (Å²) in [7, 11) is 0. The number of carboxylic acids is 2. The average Bonchev–Trinajstić information content (AvgIpc) is 2.76. The molecule has 2 aromatic heterocycles. The van der Waals surface area contributed by atoms with Gasteiger partial charge >= 0.3 is 11.9 Å². The summed E-state index contributed by atoms with van der Waals surface area (Å²) in [6, 6.07) is 4.73. The normalized spacial score (nSPS) is 12.6. The number of fused-ring (bicyclic) bond motifs is 1. The Morgan fingerprint density at radius 3 is 2.39 bits per heavy atom. The topological polar surface area (TPSA) is 219 Å². The van der Waals surface area contributed by atoms with Gasteiger partial charge < -0.3 is 32.3 Å². The monoisotopic (exact) mass is 454 g/mol. The largest absolute Gasteiger partial charge is 0.481 e. The van der Waals surface area contributed by atoms with E-state index in [-0.39, 0.29) is 41.9 Å². The summed E-state index contributed by atoms with van der Waals surface area (Å²) in [4.78, 5) is 50.8. The third-order valence-electron chi connectivity index (χ3n) is 4.69. The van der Waals surface area contributed by atoms with Crippen LogP contribution in [0, 0.1) is 0 Å². The van der Waals surface area contributed by atoms with E-state index in [1.165, 1.54) is 18.3 Å². The van der Waals surface area contributed by atoms with E-state index in [0.717, 1.165) is 0 Å². The molecule has 0 bridgehead atoms. The molecule has 2 atom stereocenters. The second-order valence-electron chi connectivity index (χ2n) is 7.17. The molecule has 2 unspecified atom stereocenters. The first-order chi connectivity index (χ1) is 15.6. The lowest BCUT2D eigenvalue weighted by Gasteiger charge is -2.16. The fourth-order valence-corrected chi connectivity index (χ4v) is 2.98. The molecule has 0 saturated carbocycles. The fraction of sp³-hybridized carbons (Fsp3) is 0.250. The molecule has 172 valence electrons. The van der Waals surface area contributed by atoms with Crippen LogP contribution in [0.5, 0.6) is 0 Å². The maximum atomic E-state index is 12.3. The Hall–Kier alpha value is -4.55. The molecule has 0 radical (unpaired) electrons. The van der Waals surface area contributed by atoms with Crippen LogP contribution in [0.2, 0.25) is 0 Å². The number of carbonyl (C=O) groups excluding carboxylic acids is 1. The van der Waals surface area contributed by atoms with Crippen molar-refractivity contribution in [1.29, 1.82) is 0 Å². The van der Waals surface area contributed by atoms with Gasteiger partial charge in [0.2, 0.25) is 5.95 Å². The van der Waals surface area contributed by atoms with Gasteiger partial charge in [0.15, 0.2) is 17.0 Å². The van der Waals surface area contributed by atoms with Crippen molar-refractivity contribution in [2.45, 2.75) is 31.8 Å². The molecule has 3 rings (SSSR count). The van der Waals surface area contributed by atoms with Gasteiger partial charge in [0.1, 0.15) is 6.04 Å². The van der Waals surface area contributed by atoms with E-state index in [4.69, 9.17) is 16.6 Å². The Labute approximate surface area is 187 Å². The van der Waals surface area contributed by atoms with Gasteiger partial charge in [0.25, 0.3) is 5.91 Å². The molecule has 0 aliphatic heterocycles. The first kappa shape index (κ1) is 23.1. The van der Waals surface area contributed by atoms with Crippen LogP contribution in [0.3, 0.4) is 0 Å². The Balaban J connectivity index is 1.67. The molecule has 2 heterocycles. The number of carboxylic acid groups (broad SMARTS) is 2. The predicted molar refractivity (Wildman–Crippen MR) is 118 cm³/mol. The Kier molecular flexibility index (Phi) is 6.81. The standard InChI is InChI=1S/C20H22N8O5/c1-9(13-8-23-17-15(25-13)16(21)27-20(22)28-17)24-11-4-2-10(3-5-11)18(31)26-12(19(32)33)6-7-14(29)30/h2-5,8-9,12,24H,6-7H2,1H3,(H,26,31)(H,29,30)(H,32,33)(H4,21,22,23,27,28). The zero-order valence-electron chi connectivity index (χ0n) is 17.5. The average molecular weight is 454 g/mol. The highest BCUT2D eigenvalue weighted by molar-refractivity contribution is 5.97. The maximum Gasteiger partial charge on any atom is 0.326 e.